The molecule has 0 N–H and O–H groups in total. The minimum Gasteiger partial charge on any atom is -0.0622 e. The summed E-state index contributed by atoms with van der Waals surface area (Å²) in [7, 11) is 0. The van der Waals surface area contributed by atoms with Crippen molar-refractivity contribution in [3.8, 4) is 89.0 Å². The van der Waals surface area contributed by atoms with Crippen molar-refractivity contribution in [2.45, 2.75) is 38.5 Å². The second-order valence-corrected chi connectivity index (χ2v) is 23.4. The molecule has 0 heterocycles. The van der Waals surface area contributed by atoms with Crippen molar-refractivity contribution in [3.05, 3.63) is 313 Å². The summed E-state index contributed by atoms with van der Waals surface area (Å²) in [4.78, 5) is 0. The molecular weight excluding hydrogens is 985 g/mol. The van der Waals surface area contributed by atoms with Crippen molar-refractivity contribution < 1.29 is 0 Å². The van der Waals surface area contributed by atoms with E-state index >= 15 is 0 Å². The second kappa shape index (κ2) is 19.4. The Hall–Kier alpha value is -9.88. The Labute approximate surface area is 481 Å². The van der Waals surface area contributed by atoms with E-state index in [-0.39, 0.29) is 10.8 Å². The van der Waals surface area contributed by atoms with E-state index in [0.717, 1.165) is 0 Å². The van der Waals surface area contributed by atoms with Crippen molar-refractivity contribution >= 4 is 43.1 Å². The quantitative estimate of drug-likeness (QED) is 0.146. The fourth-order valence-corrected chi connectivity index (χ4v) is 14.2. The molecule has 0 heteroatoms. The molecule has 0 atom stereocenters. The van der Waals surface area contributed by atoms with Crippen molar-refractivity contribution in [2.24, 2.45) is 0 Å². The van der Waals surface area contributed by atoms with Crippen LogP contribution in [0.4, 0.5) is 0 Å². The average Bonchev–Trinajstić information content (AvgIpc) is 4.07. The normalized spacial score (nSPS) is 13.3. The van der Waals surface area contributed by atoms with Gasteiger partial charge in [-0.2, -0.15) is 0 Å². The zero-order chi connectivity index (χ0) is 55.1. The minimum atomic E-state index is -0.0147. The molecule has 0 bridgehead atoms. The summed E-state index contributed by atoms with van der Waals surface area (Å²) in [5, 5.41) is 10.3. The van der Waals surface area contributed by atoms with Crippen LogP contribution in [0.25, 0.3) is 132 Å². The van der Waals surface area contributed by atoms with Crippen LogP contribution >= 0.6 is 0 Å². The number of hydrogen-bond acceptors (Lipinski definition) is 0. The molecule has 2 aliphatic carbocycles. The fourth-order valence-electron chi connectivity index (χ4n) is 14.2. The summed E-state index contributed by atoms with van der Waals surface area (Å²) in [6.07, 6.45) is 0. The Kier molecular flexibility index (Phi) is 11.7. The molecule has 0 unspecified atom stereocenters. The molecule has 0 saturated heterocycles. The topological polar surface area (TPSA) is 0 Å². The molecule has 0 spiro atoms. The Morgan fingerprint density at radius 3 is 0.829 bits per heavy atom. The van der Waals surface area contributed by atoms with E-state index in [1.54, 1.807) is 0 Å². The lowest BCUT2D eigenvalue weighted by Gasteiger charge is -2.22. The third kappa shape index (κ3) is 7.89. The van der Waals surface area contributed by atoms with Crippen LogP contribution in [0, 0.1) is 0 Å². The van der Waals surface area contributed by atoms with Gasteiger partial charge in [0.15, 0.2) is 0 Å². The van der Waals surface area contributed by atoms with Gasteiger partial charge in [0.2, 0.25) is 0 Å². The third-order valence-electron chi connectivity index (χ3n) is 18.1. The largest absolute Gasteiger partial charge is 0.0622 e. The summed E-state index contributed by atoms with van der Waals surface area (Å²) in [6, 6.07) is 107. The molecule has 0 radical (unpaired) electrons. The van der Waals surface area contributed by atoms with Gasteiger partial charge < -0.3 is 0 Å². The molecule has 14 aromatic carbocycles. The average molecular weight is 1050 g/mol. The molecule has 0 saturated carbocycles. The number of rotatable bonds is 6. The molecular formula is C82H60. The molecule has 0 aromatic heterocycles. The summed E-state index contributed by atoms with van der Waals surface area (Å²) in [5.41, 5.74) is 26.3. The van der Waals surface area contributed by atoms with Gasteiger partial charge in [-0.3, -0.25) is 0 Å². The van der Waals surface area contributed by atoms with Gasteiger partial charge in [-0.1, -0.05) is 301 Å². The van der Waals surface area contributed by atoms with E-state index in [0.29, 0.717) is 0 Å². The molecule has 82 heavy (non-hydrogen) atoms. The second-order valence-electron chi connectivity index (χ2n) is 23.4. The molecule has 388 valence electrons. The van der Waals surface area contributed by atoms with Gasteiger partial charge in [0.25, 0.3) is 0 Å². The zero-order valence-electron chi connectivity index (χ0n) is 46.7. The van der Waals surface area contributed by atoms with Gasteiger partial charge in [-0.05, 0) is 173 Å². The lowest BCUT2D eigenvalue weighted by atomic mass is 9.81. The summed E-state index contributed by atoms with van der Waals surface area (Å²) < 4.78 is 0. The Morgan fingerprint density at radius 1 is 0.171 bits per heavy atom. The van der Waals surface area contributed by atoms with Crippen LogP contribution in [0.2, 0.25) is 0 Å². The predicted octanol–water partition coefficient (Wildman–Crippen LogP) is 22.6. The molecule has 0 aliphatic heterocycles. The maximum absolute atomic E-state index is 2.42. The summed E-state index contributed by atoms with van der Waals surface area (Å²) in [5.74, 6) is 0. The van der Waals surface area contributed by atoms with Crippen LogP contribution in [0.3, 0.4) is 0 Å². The molecule has 0 nitrogen and oxygen atoms in total. The highest BCUT2D eigenvalue weighted by Gasteiger charge is 2.36. The Bertz CT molecular complexity index is 4700. The monoisotopic (exact) mass is 1040 g/mol. The lowest BCUT2D eigenvalue weighted by molar-refractivity contribution is 0.660. The molecule has 14 aromatic rings. The number of fused-ring (bicyclic) bond motifs is 10. The molecule has 2 aliphatic rings. The molecule has 16 rings (SSSR count). The summed E-state index contributed by atoms with van der Waals surface area (Å²) in [6.45, 7) is 9.40. The smallest absolute Gasteiger partial charge is 0.0159 e. The highest BCUT2D eigenvalue weighted by atomic mass is 14.4. The highest BCUT2D eigenvalue weighted by molar-refractivity contribution is 6.23. The van der Waals surface area contributed by atoms with Crippen molar-refractivity contribution in [1.82, 2.24) is 0 Å². The van der Waals surface area contributed by atoms with E-state index < -0.39 is 0 Å². The summed E-state index contributed by atoms with van der Waals surface area (Å²) >= 11 is 0. The first-order valence-corrected chi connectivity index (χ1v) is 28.9. The van der Waals surface area contributed by atoms with Crippen LogP contribution < -0.4 is 0 Å². The number of hydrogen-bond donors (Lipinski definition) is 0. The van der Waals surface area contributed by atoms with Crippen molar-refractivity contribution in [1.29, 1.82) is 0 Å². The SMILES string of the molecule is CC1(C)c2ccccc2-c2ccc(-c3ccc(-c4c5ccccc5c(-c5ccccc5)c5ccccc45)cc3)cc21.CC1(C)c2ccccc2-c2ccc(-c3cccc(-c4c5ccccc5c(-c5ccccc5)c5ccccc45)c3)cc21. The first-order chi connectivity index (χ1) is 40.2. The van der Waals surface area contributed by atoms with Crippen molar-refractivity contribution in [2.75, 3.05) is 0 Å². The third-order valence-corrected chi connectivity index (χ3v) is 18.1. The first kappa shape index (κ1) is 49.2. The van der Waals surface area contributed by atoms with Gasteiger partial charge in [0.1, 0.15) is 0 Å². The maximum Gasteiger partial charge on any atom is 0.0159 e. The lowest BCUT2D eigenvalue weighted by Crippen LogP contribution is -2.14. The predicted molar refractivity (Wildman–Crippen MR) is 351 cm³/mol. The number of benzene rings is 14. The van der Waals surface area contributed by atoms with E-state index in [2.05, 4.69) is 319 Å². The molecule has 0 fully saturated rings. The maximum atomic E-state index is 2.42. The van der Waals surface area contributed by atoms with Gasteiger partial charge in [0.05, 0.1) is 0 Å². The van der Waals surface area contributed by atoms with Gasteiger partial charge in [0, 0.05) is 10.8 Å². The van der Waals surface area contributed by atoms with Crippen LogP contribution in [0.15, 0.2) is 291 Å². The van der Waals surface area contributed by atoms with E-state index in [1.165, 1.54) is 154 Å². The standard InChI is InChI=1S/2C41H30/c1-41(2)37-22-11-10-17-31(37)32-24-23-29(26-38(32)41)28-15-12-16-30(25-28)40-35-20-8-6-18-33(35)39(27-13-4-3-5-14-27)34-19-7-9-21-36(34)40;1-41(2)37-19-11-10-14-31(37)32-25-24-30(26-38(32)41)27-20-22-29(23-21-27)40-35-17-8-6-15-33(35)39(28-12-4-3-5-13-28)34-16-7-9-18-36(34)40/h2*3-26H,1-2H3. The first-order valence-electron chi connectivity index (χ1n) is 28.9. The van der Waals surface area contributed by atoms with E-state index in [1.807, 2.05) is 0 Å². The fraction of sp³-hybridized carbons (Fsp3) is 0.0732. The van der Waals surface area contributed by atoms with Gasteiger partial charge in [-0.25, -0.2) is 0 Å². The highest BCUT2D eigenvalue weighted by Crippen LogP contribution is 2.52. The van der Waals surface area contributed by atoms with Crippen LogP contribution in [-0.2, 0) is 10.8 Å². The van der Waals surface area contributed by atoms with Crippen LogP contribution in [0.1, 0.15) is 49.9 Å². The van der Waals surface area contributed by atoms with Crippen LogP contribution in [0.5, 0.6) is 0 Å². The Morgan fingerprint density at radius 2 is 0.427 bits per heavy atom. The van der Waals surface area contributed by atoms with Crippen molar-refractivity contribution in [3.63, 3.8) is 0 Å². The molecule has 0 amide bonds. The van der Waals surface area contributed by atoms with E-state index in [4.69, 9.17) is 0 Å². The van der Waals surface area contributed by atoms with E-state index in [9.17, 15) is 0 Å². The minimum absolute atomic E-state index is 0.000206. The zero-order valence-corrected chi connectivity index (χ0v) is 46.7. The van der Waals surface area contributed by atoms with Gasteiger partial charge >= 0.3 is 0 Å². The Balaban J connectivity index is 0.000000140. The van der Waals surface area contributed by atoms with Crippen LogP contribution in [-0.4, -0.2) is 0 Å². The van der Waals surface area contributed by atoms with Gasteiger partial charge in [-0.15, -0.1) is 0 Å².